The Morgan fingerprint density at radius 1 is 1.20 bits per heavy atom. The Hall–Kier alpha value is 0.965. The van der Waals surface area contributed by atoms with Crippen LogP contribution in [0.15, 0.2) is 0 Å². The van der Waals surface area contributed by atoms with E-state index in [0.717, 1.165) is 0 Å². The average molecular weight is 123 g/mol. The second kappa shape index (κ2) is 20.2. The zero-order chi connectivity index (χ0) is 2.71. The molecule has 0 amide bonds. The highest BCUT2D eigenvalue weighted by Gasteiger charge is 1.07. The maximum atomic E-state index is 8.40. The molecule has 29 valence electrons. The molecule has 0 bridgehead atoms. The van der Waals surface area contributed by atoms with E-state index in [9.17, 15) is 0 Å². The summed E-state index contributed by atoms with van der Waals surface area (Å²) in [4.78, 5) is 0. The lowest BCUT2D eigenvalue weighted by molar-refractivity contribution is 0.531. The van der Waals surface area contributed by atoms with Crippen LogP contribution in [0.2, 0.25) is 0 Å². The normalized spacial score (nSPS) is 2.40. The maximum absolute atomic E-state index is 8.40. The van der Waals surface area contributed by atoms with Gasteiger partial charge in [-0.2, -0.15) is 0 Å². The molecule has 0 saturated carbocycles. The Balaban J connectivity index is -0.0000000200. The van der Waals surface area contributed by atoms with Gasteiger partial charge in [-0.1, -0.05) is 0 Å². The first-order valence-corrected chi connectivity index (χ1v) is 1.22. The van der Waals surface area contributed by atoms with E-state index in [1.165, 1.54) is 0 Å². The summed E-state index contributed by atoms with van der Waals surface area (Å²) in [6, 6.07) is 0. The SMILES string of the molecule is O=[PH]=O.[AlH2].[AlH3]. The van der Waals surface area contributed by atoms with Gasteiger partial charge in [0.05, 0.1) is 0 Å². The van der Waals surface area contributed by atoms with Crippen molar-refractivity contribution in [1.82, 2.24) is 0 Å². The van der Waals surface area contributed by atoms with Gasteiger partial charge >= 0.3 is 8.34 Å². The van der Waals surface area contributed by atoms with Gasteiger partial charge < -0.3 is 0 Å². The lowest BCUT2D eigenvalue weighted by atomic mass is 15.9. The maximum Gasteiger partial charge on any atom is 0.303 e. The Bertz CT molecular complexity index is 28.6. The van der Waals surface area contributed by atoms with Crippen molar-refractivity contribution in [2.24, 2.45) is 0 Å². The van der Waals surface area contributed by atoms with Crippen LogP contribution in [-0.4, -0.2) is 34.7 Å². The van der Waals surface area contributed by atoms with E-state index in [1.54, 1.807) is 0 Å². The standard InChI is InChI=1S/2Al.HO2P.5H/c;;1-3-2;;;;;/h;;3H;;;;;. The van der Waals surface area contributed by atoms with Crippen molar-refractivity contribution < 1.29 is 9.13 Å². The van der Waals surface area contributed by atoms with Crippen molar-refractivity contribution in [3.63, 3.8) is 0 Å². The van der Waals surface area contributed by atoms with Crippen molar-refractivity contribution in [2.75, 3.05) is 0 Å². The van der Waals surface area contributed by atoms with Gasteiger partial charge in [-0.15, -0.1) is 0 Å². The van der Waals surface area contributed by atoms with Crippen LogP contribution in [0.4, 0.5) is 0 Å². The largest absolute Gasteiger partial charge is 0.303 e. The highest BCUT2D eigenvalue weighted by Crippen LogP contribution is 1.49. The monoisotopic (exact) mass is 123 g/mol. The van der Waals surface area contributed by atoms with Gasteiger partial charge in [0.1, 0.15) is 17.4 Å². The Morgan fingerprint density at radius 3 is 1.20 bits per heavy atom. The second-order valence-electron chi connectivity index (χ2n) is 0.0833. The van der Waals surface area contributed by atoms with Crippen LogP contribution < -0.4 is 0 Å². The van der Waals surface area contributed by atoms with E-state index >= 15 is 0 Å². The fourth-order valence-electron chi connectivity index (χ4n) is 0. The highest BCUT2D eigenvalue weighted by molar-refractivity contribution is 7.08. The van der Waals surface area contributed by atoms with E-state index in [0.29, 0.717) is 0 Å². The summed E-state index contributed by atoms with van der Waals surface area (Å²) in [5, 5.41) is 0. The molecule has 0 aromatic carbocycles. The molecule has 0 aliphatic heterocycles. The lowest BCUT2D eigenvalue weighted by Crippen LogP contribution is -0.742. The third-order valence-corrected chi connectivity index (χ3v) is 0. The first-order valence-electron chi connectivity index (χ1n) is 0.408. The van der Waals surface area contributed by atoms with Crippen LogP contribution in [0.3, 0.4) is 0 Å². The molecule has 0 aromatic heterocycles. The van der Waals surface area contributed by atoms with Crippen LogP contribution in [-0.2, 0) is 9.13 Å². The lowest BCUT2D eigenvalue weighted by Gasteiger charge is -1.00. The third-order valence-electron chi connectivity index (χ3n) is 0. The summed E-state index contributed by atoms with van der Waals surface area (Å²) >= 11 is 0. The first kappa shape index (κ1) is 16.7. The van der Waals surface area contributed by atoms with Crippen molar-refractivity contribution >= 4 is 43.1 Å². The van der Waals surface area contributed by atoms with E-state index in [-0.39, 0.29) is 34.7 Å². The fourth-order valence-corrected chi connectivity index (χ4v) is 0. The topological polar surface area (TPSA) is 34.1 Å². The molecule has 0 saturated heterocycles. The molecular formula is H6Al2O2P. The minimum atomic E-state index is -1.42. The van der Waals surface area contributed by atoms with Crippen LogP contribution in [0, 0.1) is 0 Å². The molecule has 0 aliphatic carbocycles. The summed E-state index contributed by atoms with van der Waals surface area (Å²) in [5.74, 6) is 0. The van der Waals surface area contributed by atoms with Crippen molar-refractivity contribution in [2.45, 2.75) is 0 Å². The smallest absolute Gasteiger partial charge is 0.241 e. The second-order valence-corrected chi connectivity index (χ2v) is 0.250. The molecule has 1 radical (unpaired) electrons. The molecule has 0 N–H and O–H groups in total. The minimum absolute atomic E-state index is 0. The van der Waals surface area contributed by atoms with Crippen molar-refractivity contribution in [3.05, 3.63) is 0 Å². The third kappa shape index (κ3) is 46.9. The molecule has 0 aliphatic rings. The van der Waals surface area contributed by atoms with Crippen LogP contribution in [0.25, 0.3) is 0 Å². The van der Waals surface area contributed by atoms with Crippen LogP contribution in [0.5, 0.6) is 0 Å². The minimum Gasteiger partial charge on any atom is -0.241 e. The quantitative estimate of drug-likeness (QED) is 0.283. The van der Waals surface area contributed by atoms with Gasteiger partial charge in [-0.25, -0.2) is 9.13 Å². The molecule has 0 aromatic rings. The zero-order valence-corrected chi connectivity index (χ0v) is 5.32. The van der Waals surface area contributed by atoms with Gasteiger partial charge in [-0.05, 0) is 0 Å². The highest BCUT2D eigenvalue weighted by atomic mass is 31.0. The molecule has 5 heavy (non-hydrogen) atoms. The van der Waals surface area contributed by atoms with Crippen LogP contribution in [0.1, 0.15) is 0 Å². The van der Waals surface area contributed by atoms with Gasteiger partial charge in [-0.3, -0.25) is 0 Å². The van der Waals surface area contributed by atoms with Crippen LogP contribution >= 0.6 is 8.34 Å². The summed E-state index contributed by atoms with van der Waals surface area (Å²) in [6.45, 7) is 0. The molecule has 0 rings (SSSR count). The van der Waals surface area contributed by atoms with Gasteiger partial charge in [0.2, 0.25) is 0 Å². The molecular weight excluding hydrogens is 117 g/mol. The van der Waals surface area contributed by atoms with Gasteiger partial charge in [0.25, 0.3) is 0 Å². The molecule has 0 atom stereocenters. The van der Waals surface area contributed by atoms with Gasteiger partial charge in [0.15, 0.2) is 17.4 Å². The summed E-state index contributed by atoms with van der Waals surface area (Å²) < 4.78 is 16.8. The average Bonchev–Trinajstić information content (AvgIpc) is 0.918. The molecule has 0 unspecified atom stereocenters. The predicted molar refractivity (Wildman–Crippen MR) is 28.2 cm³/mol. The summed E-state index contributed by atoms with van der Waals surface area (Å²) in [7, 11) is -1.42. The number of hydrogen-bond acceptors (Lipinski definition) is 2. The molecule has 2 nitrogen and oxygen atoms in total. The molecule has 0 heterocycles. The van der Waals surface area contributed by atoms with E-state index in [2.05, 4.69) is 0 Å². The van der Waals surface area contributed by atoms with E-state index in [1.807, 2.05) is 0 Å². The van der Waals surface area contributed by atoms with Gasteiger partial charge in [0, 0.05) is 0 Å². The molecule has 0 fully saturated rings. The summed E-state index contributed by atoms with van der Waals surface area (Å²) in [6.07, 6.45) is 0. The van der Waals surface area contributed by atoms with E-state index < -0.39 is 8.34 Å². The predicted octanol–water partition coefficient (Wildman–Crippen LogP) is -1.74. The summed E-state index contributed by atoms with van der Waals surface area (Å²) in [5.41, 5.74) is 0. The first-order chi connectivity index (χ1) is 1.41. The Kier molecular flexibility index (Phi) is 67.6. The zero-order valence-electron chi connectivity index (χ0n) is 2.32. The van der Waals surface area contributed by atoms with E-state index in [4.69, 9.17) is 9.13 Å². The van der Waals surface area contributed by atoms with Crippen molar-refractivity contribution in [3.8, 4) is 0 Å². The molecule has 5 heteroatoms. The van der Waals surface area contributed by atoms with Crippen molar-refractivity contribution in [1.29, 1.82) is 0 Å². The molecule has 0 spiro atoms. The number of rotatable bonds is 0. The number of hydrogen-bond donors (Lipinski definition) is 0. The fraction of sp³-hybridized carbons (Fsp3) is 0. The Morgan fingerprint density at radius 2 is 1.20 bits per heavy atom. The Labute approximate surface area is 52.4 Å².